The summed E-state index contributed by atoms with van der Waals surface area (Å²) in [5.74, 6) is -1.79. The van der Waals surface area contributed by atoms with Crippen LogP contribution in [0.1, 0.15) is 16.8 Å². The van der Waals surface area contributed by atoms with Crippen molar-refractivity contribution in [3.05, 3.63) is 35.4 Å². The third kappa shape index (κ3) is 2.51. The van der Waals surface area contributed by atoms with Gasteiger partial charge in [0.15, 0.2) is 0 Å². The van der Waals surface area contributed by atoms with E-state index in [0.29, 0.717) is 19.0 Å². The van der Waals surface area contributed by atoms with Gasteiger partial charge in [0, 0.05) is 13.1 Å². The monoisotopic (exact) mass is 254 g/mol. The maximum atomic E-state index is 13.5. The molecule has 1 aliphatic rings. The van der Waals surface area contributed by atoms with Crippen LogP contribution in [0.5, 0.6) is 0 Å². The first kappa shape index (κ1) is 13.0. The molecule has 1 unspecified atom stereocenters. The molecule has 0 aliphatic carbocycles. The second kappa shape index (κ2) is 5.44. The SMILES string of the molecule is CNCC1CCN(C(=O)c2c(F)cccc2F)C1. The Labute approximate surface area is 105 Å². The van der Waals surface area contributed by atoms with Gasteiger partial charge in [0.2, 0.25) is 0 Å². The Morgan fingerprint density at radius 3 is 2.72 bits per heavy atom. The van der Waals surface area contributed by atoms with Crippen LogP contribution in [0.15, 0.2) is 18.2 Å². The van der Waals surface area contributed by atoms with Gasteiger partial charge in [-0.15, -0.1) is 0 Å². The molecule has 0 radical (unpaired) electrons. The highest BCUT2D eigenvalue weighted by atomic mass is 19.1. The Kier molecular flexibility index (Phi) is 3.91. The molecule has 0 saturated carbocycles. The minimum absolute atomic E-state index is 0.355. The predicted molar refractivity (Wildman–Crippen MR) is 64.3 cm³/mol. The van der Waals surface area contributed by atoms with E-state index in [2.05, 4.69) is 5.32 Å². The van der Waals surface area contributed by atoms with Crippen LogP contribution in [-0.2, 0) is 0 Å². The summed E-state index contributed by atoms with van der Waals surface area (Å²) in [6.45, 7) is 1.91. The van der Waals surface area contributed by atoms with Crippen molar-refractivity contribution in [1.82, 2.24) is 10.2 Å². The summed E-state index contributed by atoms with van der Waals surface area (Å²) in [4.78, 5) is 13.6. The zero-order chi connectivity index (χ0) is 13.1. The highest BCUT2D eigenvalue weighted by molar-refractivity contribution is 5.94. The summed E-state index contributed by atoms with van der Waals surface area (Å²) >= 11 is 0. The molecule has 1 aliphatic heterocycles. The second-order valence-corrected chi connectivity index (χ2v) is 4.56. The molecule has 18 heavy (non-hydrogen) atoms. The van der Waals surface area contributed by atoms with Crippen LogP contribution in [0.2, 0.25) is 0 Å². The van der Waals surface area contributed by atoms with Gasteiger partial charge in [-0.1, -0.05) is 6.07 Å². The number of carbonyl (C=O) groups is 1. The number of amides is 1. The lowest BCUT2D eigenvalue weighted by molar-refractivity contribution is 0.0777. The average molecular weight is 254 g/mol. The molecule has 0 aromatic heterocycles. The van der Waals surface area contributed by atoms with Gasteiger partial charge in [-0.2, -0.15) is 0 Å². The zero-order valence-electron chi connectivity index (χ0n) is 10.2. The molecule has 0 spiro atoms. The molecule has 1 heterocycles. The summed E-state index contributed by atoms with van der Waals surface area (Å²) in [5.41, 5.74) is -0.442. The van der Waals surface area contributed by atoms with Crippen molar-refractivity contribution >= 4 is 5.91 Å². The summed E-state index contributed by atoms with van der Waals surface area (Å²) in [5, 5.41) is 3.05. The number of hydrogen-bond acceptors (Lipinski definition) is 2. The van der Waals surface area contributed by atoms with Crippen molar-refractivity contribution in [3.8, 4) is 0 Å². The molecule has 1 fully saturated rings. The lowest BCUT2D eigenvalue weighted by Crippen LogP contribution is -2.31. The van der Waals surface area contributed by atoms with Gasteiger partial charge in [0.1, 0.15) is 17.2 Å². The van der Waals surface area contributed by atoms with E-state index in [1.165, 1.54) is 11.0 Å². The maximum Gasteiger partial charge on any atom is 0.259 e. The van der Waals surface area contributed by atoms with E-state index in [-0.39, 0.29) is 0 Å². The first-order valence-corrected chi connectivity index (χ1v) is 6.01. The summed E-state index contributed by atoms with van der Waals surface area (Å²) in [6.07, 6.45) is 0.864. The molecule has 1 atom stereocenters. The number of rotatable bonds is 3. The number of hydrogen-bond donors (Lipinski definition) is 1. The first-order chi connectivity index (χ1) is 8.63. The third-order valence-electron chi connectivity index (χ3n) is 3.24. The van der Waals surface area contributed by atoms with Crippen LogP contribution in [0, 0.1) is 17.6 Å². The van der Waals surface area contributed by atoms with Crippen molar-refractivity contribution in [2.24, 2.45) is 5.92 Å². The van der Waals surface area contributed by atoms with Crippen molar-refractivity contribution in [2.45, 2.75) is 6.42 Å². The van der Waals surface area contributed by atoms with Gasteiger partial charge in [-0.25, -0.2) is 8.78 Å². The van der Waals surface area contributed by atoms with E-state index in [9.17, 15) is 13.6 Å². The molecule has 98 valence electrons. The molecule has 3 nitrogen and oxygen atoms in total. The Bertz CT molecular complexity index is 430. The Morgan fingerprint density at radius 2 is 2.11 bits per heavy atom. The average Bonchev–Trinajstić information content (AvgIpc) is 2.78. The van der Waals surface area contributed by atoms with Gasteiger partial charge >= 0.3 is 0 Å². The Morgan fingerprint density at radius 1 is 1.44 bits per heavy atom. The summed E-state index contributed by atoms with van der Waals surface area (Å²) < 4.78 is 27.0. The number of halogens is 2. The van der Waals surface area contributed by atoms with E-state index >= 15 is 0 Å². The molecule has 1 aromatic rings. The van der Waals surface area contributed by atoms with Crippen molar-refractivity contribution in [2.75, 3.05) is 26.7 Å². The lowest BCUT2D eigenvalue weighted by Gasteiger charge is -2.17. The van der Waals surface area contributed by atoms with E-state index in [4.69, 9.17) is 0 Å². The molecule has 5 heteroatoms. The molecule has 1 aromatic carbocycles. The normalized spacial score (nSPS) is 19.3. The molecule has 1 saturated heterocycles. The molecule has 1 amide bonds. The van der Waals surface area contributed by atoms with Crippen molar-refractivity contribution in [3.63, 3.8) is 0 Å². The second-order valence-electron chi connectivity index (χ2n) is 4.56. The third-order valence-corrected chi connectivity index (χ3v) is 3.24. The summed E-state index contributed by atoms with van der Waals surface area (Å²) in [6, 6.07) is 3.48. The molecule has 1 N–H and O–H groups in total. The lowest BCUT2D eigenvalue weighted by atomic mass is 10.1. The van der Waals surface area contributed by atoms with Crippen LogP contribution in [0.25, 0.3) is 0 Å². The summed E-state index contributed by atoms with van der Waals surface area (Å²) in [7, 11) is 1.85. The largest absolute Gasteiger partial charge is 0.338 e. The topological polar surface area (TPSA) is 32.3 Å². The van der Waals surface area contributed by atoms with Crippen molar-refractivity contribution < 1.29 is 13.6 Å². The fourth-order valence-corrected chi connectivity index (χ4v) is 2.33. The van der Waals surface area contributed by atoms with E-state index in [0.717, 1.165) is 25.1 Å². The van der Waals surface area contributed by atoms with Gasteiger partial charge in [0.25, 0.3) is 5.91 Å². The van der Waals surface area contributed by atoms with Crippen LogP contribution >= 0.6 is 0 Å². The van der Waals surface area contributed by atoms with Crippen molar-refractivity contribution in [1.29, 1.82) is 0 Å². The number of likely N-dealkylation sites (tertiary alicyclic amines) is 1. The molecule has 0 bridgehead atoms. The van der Waals surface area contributed by atoms with Gasteiger partial charge in [-0.05, 0) is 38.1 Å². The number of benzene rings is 1. The smallest absolute Gasteiger partial charge is 0.259 e. The zero-order valence-corrected chi connectivity index (χ0v) is 10.2. The van der Waals surface area contributed by atoms with Crippen LogP contribution in [0.4, 0.5) is 8.78 Å². The highest BCUT2D eigenvalue weighted by Gasteiger charge is 2.29. The molecular formula is C13H16F2N2O. The minimum atomic E-state index is -0.794. The maximum absolute atomic E-state index is 13.5. The Hall–Kier alpha value is -1.49. The Balaban J connectivity index is 2.13. The quantitative estimate of drug-likeness (QED) is 0.889. The minimum Gasteiger partial charge on any atom is -0.338 e. The van der Waals surface area contributed by atoms with Crippen LogP contribution in [0.3, 0.4) is 0 Å². The number of nitrogens with zero attached hydrogens (tertiary/aromatic N) is 1. The van der Waals surface area contributed by atoms with Crippen LogP contribution < -0.4 is 5.32 Å². The highest BCUT2D eigenvalue weighted by Crippen LogP contribution is 2.21. The van der Waals surface area contributed by atoms with Gasteiger partial charge in [0.05, 0.1) is 0 Å². The molecule has 2 rings (SSSR count). The van der Waals surface area contributed by atoms with Crippen LogP contribution in [-0.4, -0.2) is 37.5 Å². The predicted octanol–water partition coefficient (Wildman–Crippen LogP) is 1.65. The van der Waals surface area contributed by atoms with E-state index < -0.39 is 23.1 Å². The number of nitrogens with one attached hydrogen (secondary N) is 1. The number of carbonyl (C=O) groups excluding carboxylic acids is 1. The van der Waals surface area contributed by atoms with E-state index in [1.807, 2.05) is 7.05 Å². The standard InChI is InChI=1S/C13H16F2N2O/c1-16-7-9-5-6-17(8-9)13(18)12-10(14)3-2-4-11(12)15/h2-4,9,16H,5-8H2,1H3. The van der Waals surface area contributed by atoms with E-state index in [1.54, 1.807) is 0 Å². The molecular weight excluding hydrogens is 238 g/mol. The first-order valence-electron chi connectivity index (χ1n) is 6.01. The van der Waals surface area contributed by atoms with Gasteiger partial charge in [-0.3, -0.25) is 4.79 Å². The van der Waals surface area contributed by atoms with Gasteiger partial charge < -0.3 is 10.2 Å². The fraction of sp³-hybridized carbons (Fsp3) is 0.462. The fourth-order valence-electron chi connectivity index (χ4n) is 2.33.